The molecule has 1 heterocycles. The summed E-state index contributed by atoms with van der Waals surface area (Å²) >= 11 is 0. The molecule has 12 heteroatoms. The van der Waals surface area contributed by atoms with Gasteiger partial charge in [0.2, 0.25) is 0 Å². The van der Waals surface area contributed by atoms with Crippen LogP contribution < -0.4 is 0 Å². The summed E-state index contributed by atoms with van der Waals surface area (Å²) < 4.78 is 28.4. The molecule has 79 heavy (non-hydrogen) atoms. The van der Waals surface area contributed by atoms with Gasteiger partial charge in [-0.15, -0.1) is 0 Å². The maximum Gasteiger partial charge on any atom is 0.335 e. The van der Waals surface area contributed by atoms with E-state index in [0.29, 0.717) is 19.3 Å². The number of ether oxygens (including phenoxy) is 5. The van der Waals surface area contributed by atoms with Gasteiger partial charge in [0.15, 0.2) is 24.6 Å². The number of carbonyl (C=O) groups excluding carboxylic acids is 3. The highest BCUT2D eigenvalue weighted by atomic mass is 16.7. The Morgan fingerprint density at radius 2 is 0.797 bits per heavy atom. The standard InChI is InChI=1S/C67H112O12/c1-4-7-10-13-16-19-22-25-28-29-30-31-34-35-38-41-44-47-50-53-59(68)75-56-58(77-60(69)54-51-48-45-42-39-36-32-26-23-20-17-14-11-8-5-2)57-76-67-65(63(72)62(71)64(79-67)66(73)74)78-61(70)55-52-49-46-43-40-37-33-27-24-21-18-15-12-9-6-3/h8,11,17-18,20-21,25-28,32-33,39,42,58,62-65,67,71-72H,4-7,9-10,12-16,19,22-24,29-31,34-38,40-41,43-57H2,1-3H3,(H,73,74)/b11-8-,20-17-,21-18-,28-25-,32-26-,33-27-,42-39-. The minimum Gasteiger partial charge on any atom is -0.479 e. The number of esters is 3. The van der Waals surface area contributed by atoms with Crippen LogP contribution in [0.5, 0.6) is 0 Å². The zero-order chi connectivity index (χ0) is 57.5. The van der Waals surface area contributed by atoms with Crippen molar-refractivity contribution in [3.63, 3.8) is 0 Å². The number of carboxylic acids is 1. The number of aliphatic hydroxyl groups excluding tert-OH is 2. The number of hydrogen-bond donors (Lipinski definition) is 3. The fraction of sp³-hybridized carbons (Fsp3) is 0.731. The van der Waals surface area contributed by atoms with Crippen molar-refractivity contribution in [2.45, 2.75) is 302 Å². The Bertz CT molecular complexity index is 1700. The Hall–Kier alpha value is -4.10. The summed E-state index contributed by atoms with van der Waals surface area (Å²) in [6.07, 6.45) is 58.3. The molecule has 0 bridgehead atoms. The molecule has 1 aliphatic heterocycles. The number of unbranched alkanes of at least 4 members (excludes halogenated alkanes) is 25. The van der Waals surface area contributed by atoms with Crippen LogP contribution in [-0.4, -0.2) is 89.2 Å². The van der Waals surface area contributed by atoms with Crippen LogP contribution in [0.4, 0.5) is 0 Å². The third-order valence-electron chi connectivity index (χ3n) is 13.9. The number of carboxylic acid groups (broad SMARTS) is 1. The summed E-state index contributed by atoms with van der Waals surface area (Å²) in [5, 5.41) is 31.5. The van der Waals surface area contributed by atoms with Gasteiger partial charge in [-0.3, -0.25) is 14.4 Å². The normalized spacial score (nSPS) is 18.4. The highest BCUT2D eigenvalue weighted by Gasteiger charge is 2.50. The van der Waals surface area contributed by atoms with Crippen LogP contribution in [0.3, 0.4) is 0 Å². The Labute approximate surface area is 480 Å². The number of allylic oxidation sites excluding steroid dienone is 14. The van der Waals surface area contributed by atoms with Gasteiger partial charge < -0.3 is 39.0 Å². The number of carbonyl (C=O) groups is 4. The molecule has 0 radical (unpaired) electrons. The van der Waals surface area contributed by atoms with E-state index in [1.807, 2.05) is 0 Å². The minimum atomic E-state index is -1.92. The first-order valence-corrected chi connectivity index (χ1v) is 31.6. The first kappa shape index (κ1) is 72.9. The maximum atomic E-state index is 13.2. The molecule has 0 aromatic rings. The van der Waals surface area contributed by atoms with E-state index in [-0.39, 0.29) is 25.9 Å². The van der Waals surface area contributed by atoms with Crippen LogP contribution >= 0.6 is 0 Å². The topological polar surface area (TPSA) is 175 Å². The lowest BCUT2D eigenvalue weighted by molar-refractivity contribution is -0.301. The minimum absolute atomic E-state index is 0.0367. The fourth-order valence-electron chi connectivity index (χ4n) is 9.09. The largest absolute Gasteiger partial charge is 0.479 e. The molecular formula is C67H112O12. The molecule has 12 nitrogen and oxygen atoms in total. The van der Waals surface area contributed by atoms with Gasteiger partial charge >= 0.3 is 23.9 Å². The summed E-state index contributed by atoms with van der Waals surface area (Å²) in [7, 11) is 0. The molecule has 0 aliphatic carbocycles. The Balaban J connectivity index is 2.69. The van der Waals surface area contributed by atoms with Crippen molar-refractivity contribution in [2.24, 2.45) is 0 Å². The molecule has 0 aromatic carbocycles. The van der Waals surface area contributed by atoms with E-state index in [0.717, 1.165) is 103 Å². The predicted molar refractivity (Wildman–Crippen MR) is 321 cm³/mol. The second-order valence-corrected chi connectivity index (χ2v) is 21.3. The van der Waals surface area contributed by atoms with E-state index in [2.05, 4.69) is 106 Å². The summed E-state index contributed by atoms with van der Waals surface area (Å²) in [6.45, 7) is 5.82. The van der Waals surface area contributed by atoms with Gasteiger partial charge in [0, 0.05) is 19.3 Å². The van der Waals surface area contributed by atoms with Crippen LogP contribution in [0, 0.1) is 0 Å². The SMILES string of the molecule is CC/C=C\C/C=C\C/C=C\C/C=C\CCCCC(=O)OC(COC(=O)CCCCCCCCCCC/C=C\CCCCCCCC)COC1OC(C(=O)O)C(O)C(O)C1OC(=O)CCCCCCC/C=C\C/C=C\CCCCC. The van der Waals surface area contributed by atoms with Crippen molar-refractivity contribution >= 4 is 23.9 Å². The van der Waals surface area contributed by atoms with Crippen LogP contribution in [-0.2, 0) is 42.9 Å². The summed E-state index contributed by atoms with van der Waals surface area (Å²) in [6, 6.07) is 0. The van der Waals surface area contributed by atoms with Gasteiger partial charge in [0.25, 0.3) is 0 Å². The van der Waals surface area contributed by atoms with Crippen molar-refractivity contribution in [2.75, 3.05) is 13.2 Å². The van der Waals surface area contributed by atoms with Crippen molar-refractivity contribution in [1.29, 1.82) is 0 Å². The van der Waals surface area contributed by atoms with Gasteiger partial charge in [-0.2, -0.15) is 0 Å². The van der Waals surface area contributed by atoms with Crippen LogP contribution in [0.1, 0.15) is 265 Å². The molecule has 0 spiro atoms. The van der Waals surface area contributed by atoms with Crippen LogP contribution in [0.15, 0.2) is 85.1 Å². The van der Waals surface area contributed by atoms with Gasteiger partial charge in [-0.05, 0) is 116 Å². The molecule has 1 saturated heterocycles. The molecule has 1 aliphatic rings. The molecule has 452 valence electrons. The molecule has 0 aromatic heterocycles. The zero-order valence-electron chi connectivity index (χ0n) is 49.8. The molecule has 0 amide bonds. The number of aliphatic hydroxyl groups is 2. The van der Waals surface area contributed by atoms with Gasteiger partial charge in [-0.25, -0.2) is 4.79 Å². The highest BCUT2D eigenvalue weighted by Crippen LogP contribution is 2.26. The van der Waals surface area contributed by atoms with E-state index < -0.39 is 67.3 Å². The van der Waals surface area contributed by atoms with Crippen molar-refractivity contribution in [3.8, 4) is 0 Å². The molecule has 6 atom stereocenters. The second kappa shape index (κ2) is 54.5. The molecule has 0 saturated carbocycles. The third-order valence-corrected chi connectivity index (χ3v) is 13.9. The lowest BCUT2D eigenvalue weighted by atomic mass is 9.98. The van der Waals surface area contributed by atoms with Crippen molar-refractivity contribution < 1.29 is 58.2 Å². The van der Waals surface area contributed by atoms with E-state index in [4.69, 9.17) is 23.7 Å². The Morgan fingerprint density at radius 1 is 0.430 bits per heavy atom. The Morgan fingerprint density at radius 3 is 1.28 bits per heavy atom. The zero-order valence-corrected chi connectivity index (χ0v) is 49.8. The van der Waals surface area contributed by atoms with Crippen LogP contribution in [0.25, 0.3) is 0 Å². The first-order chi connectivity index (χ1) is 38.6. The molecule has 1 fully saturated rings. The number of rotatable bonds is 53. The van der Waals surface area contributed by atoms with E-state index >= 15 is 0 Å². The average molecular weight is 1110 g/mol. The molecule has 1 rings (SSSR count). The van der Waals surface area contributed by atoms with Crippen molar-refractivity contribution in [1.82, 2.24) is 0 Å². The van der Waals surface area contributed by atoms with Gasteiger partial charge in [0.05, 0.1) is 6.61 Å². The van der Waals surface area contributed by atoms with Gasteiger partial charge in [-0.1, -0.05) is 215 Å². The molecule has 3 N–H and O–H groups in total. The smallest absolute Gasteiger partial charge is 0.335 e. The lowest BCUT2D eigenvalue weighted by Crippen LogP contribution is -2.61. The number of aliphatic carboxylic acids is 1. The summed E-state index contributed by atoms with van der Waals surface area (Å²) in [5.74, 6) is -3.19. The van der Waals surface area contributed by atoms with E-state index in [9.17, 15) is 34.5 Å². The first-order valence-electron chi connectivity index (χ1n) is 31.6. The summed E-state index contributed by atoms with van der Waals surface area (Å²) in [4.78, 5) is 51.2. The van der Waals surface area contributed by atoms with Crippen LogP contribution in [0.2, 0.25) is 0 Å². The molecule has 6 unspecified atom stereocenters. The van der Waals surface area contributed by atoms with E-state index in [1.54, 1.807) is 0 Å². The molecular weight excluding hydrogens is 997 g/mol. The van der Waals surface area contributed by atoms with E-state index in [1.165, 1.54) is 103 Å². The quantitative estimate of drug-likeness (QED) is 0.0228. The predicted octanol–water partition coefficient (Wildman–Crippen LogP) is 16.7. The number of hydrogen-bond acceptors (Lipinski definition) is 11. The average Bonchev–Trinajstić information content (AvgIpc) is 3.46. The lowest BCUT2D eigenvalue weighted by Gasteiger charge is -2.40. The Kier molecular flexibility index (Phi) is 50.3. The fourth-order valence-corrected chi connectivity index (χ4v) is 9.09. The monoisotopic (exact) mass is 1110 g/mol. The summed E-state index contributed by atoms with van der Waals surface area (Å²) in [5.41, 5.74) is 0. The maximum absolute atomic E-state index is 13.2. The van der Waals surface area contributed by atoms with Crippen molar-refractivity contribution in [3.05, 3.63) is 85.1 Å². The van der Waals surface area contributed by atoms with Gasteiger partial charge in [0.1, 0.15) is 18.8 Å². The second-order valence-electron chi connectivity index (χ2n) is 21.3. The third kappa shape index (κ3) is 44.3. The highest BCUT2D eigenvalue weighted by molar-refractivity contribution is 5.74.